The van der Waals surface area contributed by atoms with Crippen LogP contribution in [-0.2, 0) is 0 Å². The average molecular weight is 175 g/mol. The van der Waals surface area contributed by atoms with E-state index in [1.165, 1.54) is 6.92 Å². The maximum atomic E-state index is 12.8. The molecule has 2 N–H and O–H groups in total. The summed E-state index contributed by atoms with van der Waals surface area (Å²) in [4.78, 5) is 0. The zero-order valence-electron chi connectivity index (χ0n) is 6.44. The Kier molecular flexibility index (Phi) is 2.38. The normalized spacial score (nSPS) is 13.1. The largest absolute Gasteiger partial charge is 0.324 e. The first-order valence-corrected chi connectivity index (χ1v) is 3.42. The summed E-state index contributed by atoms with van der Waals surface area (Å²) in [5.41, 5.74) is 5.28. The van der Waals surface area contributed by atoms with Gasteiger partial charge in [0.25, 0.3) is 0 Å². The van der Waals surface area contributed by atoms with Crippen LogP contribution in [0, 0.1) is 17.5 Å². The van der Waals surface area contributed by atoms with Crippen molar-refractivity contribution >= 4 is 0 Å². The first-order chi connectivity index (χ1) is 5.52. The third kappa shape index (κ3) is 1.58. The Hall–Kier alpha value is -1.03. The maximum Gasteiger partial charge on any atom is 0.161 e. The molecule has 0 aliphatic heterocycles. The number of hydrogen-bond donors (Lipinski definition) is 1. The van der Waals surface area contributed by atoms with Gasteiger partial charge in [0.15, 0.2) is 11.6 Å². The molecule has 0 fully saturated rings. The van der Waals surface area contributed by atoms with Crippen molar-refractivity contribution < 1.29 is 13.2 Å². The lowest BCUT2D eigenvalue weighted by Gasteiger charge is -2.06. The summed E-state index contributed by atoms with van der Waals surface area (Å²) in [7, 11) is 0. The van der Waals surface area contributed by atoms with Gasteiger partial charge in [-0.15, -0.1) is 0 Å². The van der Waals surface area contributed by atoms with Gasteiger partial charge in [0.2, 0.25) is 0 Å². The van der Waals surface area contributed by atoms with E-state index in [-0.39, 0.29) is 5.56 Å². The summed E-state index contributed by atoms with van der Waals surface area (Å²) >= 11 is 0. The summed E-state index contributed by atoms with van der Waals surface area (Å²) in [6.45, 7) is 1.50. The first-order valence-electron chi connectivity index (χ1n) is 3.42. The SMILES string of the molecule is C[C@@H](N)c1cc(F)c(F)cc1F. The second kappa shape index (κ2) is 3.15. The third-order valence-electron chi connectivity index (χ3n) is 1.53. The standard InChI is InChI=1S/C8H8F3N/c1-4(12)5-2-7(10)8(11)3-6(5)9/h2-4H,12H2,1H3/t4-/m1/s1. The summed E-state index contributed by atoms with van der Waals surface area (Å²) in [6.07, 6.45) is 0. The minimum absolute atomic E-state index is 0.0195. The predicted molar refractivity (Wildman–Crippen MR) is 38.9 cm³/mol. The van der Waals surface area contributed by atoms with Crippen molar-refractivity contribution in [2.45, 2.75) is 13.0 Å². The average Bonchev–Trinajstić information content (AvgIpc) is 1.96. The molecule has 0 unspecified atom stereocenters. The van der Waals surface area contributed by atoms with E-state index in [4.69, 9.17) is 5.73 Å². The molecule has 1 rings (SSSR count). The fourth-order valence-corrected chi connectivity index (χ4v) is 0.887. The number of halogens is 3. The zero-order valence-corrected chi connectivity index (χ0v) is 6.44. The molecule has 0 aliphatic carbocycles. The molecule has 0 aliphatic rings. The molecule has 1 aromatic carbocycles. The summed E-state index contributed by atoms with van der Waals surface area (Å²) in [5, 5.41) is 0. The monoisotopic (exact) mass is 175 g/mol. The van der Waals surface area contributed by atoms with E-state index in [0.29, 0.717) is 6.07 Å². The van der Waals surface area contributed by atoms with Crippen LogP contribution in [0.5, 0.6) is 0 Å². The van der Waals surface area contributed by atoms with E-state index >= 15 is 0 Å². The van der Waals surface area contributed by atoms with Gasteiger partial charge < -0.3 is 5.73 Å². The van der Waals surface area contributed by atoms with Crippen molar-refractivity contribution in [3.8, 4) is 0 Å². The van der Waals surface area contributed by atoms with Crippen molar-refractivity contribution in [2.75, 3.05) is 0 Å². The van der Waals surface area contributed by atoms with Crippen LogP contribution in [0.1, 0.15) is 18.5 Å². The second-order valence-electron chi connectivity index (χ2n) is 2.58. The Labute approximate surface area is 68.0 Å². The van der Waals surface area contributed by atoms with Crippen LogP contribution >= 0.6 is 0 Å². The van der Waals surface area contributed by atoms with Crippen LogP contribution in [0.25, 0.3) is 0 Å². The number of rotatable bonds is 1. The molecule has 12 heavy (non-hydrogen) atoms. The zero-order chi connectivity index (χ0) is 9.30. The molecule has 0 spiro atoms. The van der Waals surface area contributed by atoms with Crippen molar-refractivity contribution in [1.29, 1.82) is 0 Å². The third-order valence-corrected chi connectivity index (χ3v) is 1.53. The van der Waals surface area contributed by atoms with E-state index in [1.807, 2.05) is 0 Å². The highest BCUT2D eigenvalue weighted by atomic mass is 19.2. The molecule has 0 amide bonds. The van der Waals surface area contributed by atoms with Gasteiger partial charge >= 0.3 is 0 Å². The van der Waals surface area contributed by atoms with E-state index in [1.54, 1.807) is 0 Å². The van der Waals surface area contributed by atoms with Crippen LogP contribution in [-0.4, -0.2) is 0 Å². The van der Waals surface area contributed by atoms with Crippen LogP contribution < -0.4 is 5.73 Å². The van der Waals surface area contributed by atoms with Crippen LogP contribution in [0.2, 0.25) is 0 Å². The molecule has 66 valence electrons. The lowest BCUT2D eigenvalue weighted by Crippen LogP contribution is -2.08. The number of hydrogen-bond acceptors (Lipinski definition) is 1. The Balaban J connectivity index is 3.23. The maximum absolute atomic E-state index is 12.8. The minimum atomic E-state index is -1.20. The molecule has 0 radical (unpaired) electrons. The van der Waals surface area contributed by atoms with E-state index in [9.17, 15) is 13.2 Å². The predicted octanol–water partition coefficient (Wildman–Crippen LogP) is 2.12. The van der Waals surface area contributed by atoms with Crippen molar-refractivity contribution in [1.82, 2.24) is 0 Å². The molecular weight excluding hydrogens is 167 g/mol. The highest BCUT2D eigenvalue weighted by Gasteiger charge is 2.11. The van der Waals surface area contributed by atoms with Gasteiger partial charge in [-0.05, 0) is 13.0 Å². The fourth-order valence-electron chi connectivity index (χ4n) is 0.887. The van der Waals surface area contributed by atoms with Gasteiger partial charge in [-0.1, -0.05) is 0 Å². The smallest absolute Gasteiger partial charge is 0.161 e. The van der Waals surface area contributed by atoms with Gasteiger partial charge in [0.05, 0.1) is 0 Å². The lowest BCUT2D eigenvalue weighted by atomic mass is 10.1. The Morgan fingerprint density at radius 2 is 1.58 bits per heavy atom. The molecule has 0 saturated carbocycles. The van der Waals surface area contributed by atoms with Gasteiger partial charge in [0.1, 0.15) is 5.82 Å². The Morgan fingerprint density at radius 3 is 2.08 bits per heavy atom. The minimum Gasteiger partial charge on any atom is -0.324 e. The van der Waals surface area contributed by atoms with E-state index < -0.39 is 23.5 Å². The van der Waals surface area contributed by atoms with Crippen molar-refractivity contribution in [3.63, 3.8) is 0 Å². The quantitative estimate of drug-likeness (QED) is 0.650. The molecule has 4 heteroatoms. The fraction of sp³-hybridized carbons (Fsp3) is 0.250. The summed E-state index contributed by atoms with van der Waals surface area (Å²) in [5.74, 6) is -3.09. The van der Waals surface area contributed by atoms with Gasteiger partial charge in [-0.3, -0.25) is 0 Å². The second-order valence-corrected chi connectivity index (χ2v) is 2.58. The molecule has 0 bridgehead atoms. The van der Waals surface area contributed by atoms with E-state index in [2.05, 4.69) is 0 Å². The first kappa shape index (κ1) is 9.06. The highest BCUT2D eigenvalue weighted by Crippen LogP contribution is 2.18. The molecule has 1 nitrogen and oxygen atoms in total. The molecular formula is C8H8F3N. The summed E-state index contributed by atoms with van der Waals surface area (Å²) < 4.78 is 37.7. The molecule has 0 heterocycles. The highest BCUT2D eigenvalue weighted by molar-refractivity contribution is 5.22. The lowest BCUT2D eigenvalue weighted by molar-refractivity contribution is 0.486. The van der Waals surface area contributed by atoms with Gasteiger partial charge in [0, 0.05) is 17.7 Å². The molecule has 0 aromatic heterocycles. The van der Waals surface area contributed by atoms with Crippen molar-refractivity contribution in [3.05, 3.63) is 35.1 Å². The topological polar surface area (TPSA) is 26.0 Å². The number of benzene rings is 1. The van der Waals surface area contributed by atoms with Crippen LogP contribution in [0.4, 0.5) is 13.2 Å². The van der Waals surface area contributed by atoms with Crippen LogP contribution in [0.15, 0.2) is 12.1 Å². The van der Waals surface area contributed by atoms with Crippen molar-refractivity contribution in [2.24, 2.45) is 5.73 Å². The summed E-state index contributed by atoms with van der Waals surface area (Å²) in [6, 6.07) is 0.628. The van der Waals surface area contributed by atoms with Gasteiger partial charge in [-0.25, -0.2) is 13.2 Å². The molecule has 1 aromatic rings. The molecule has 0 saturated heterocycles. The Bertz CT molecular complexity index is 297. The van der Waals surface area contributed by atoms with Gasteiger partial charge in [-0.2, -0.15) is 0 Å². The van der Waals surface area contributed by atoms with E-state index in [0.717, 1.165) is 6.07 Å². The number of nitrogens with two attached hydrogens (primary N) is 1. The Morgan fingerprint density at radius 1 is 1.08 bits per heavy atom. The molecule has 1 atom stereocenters. The van der Waals surface area contributed by atoms with Crippen LogP contribution in [0.3, 0.4) is 0 Å².